The van der Waals surface area contributed by atoms with E-state index in [0.29, 0.717) is 12.2 Å². The summed E-state index contributed by atoms with van der Waals surface area (Å²) in [5, 5.41) is 10.0. The van der Waals surface area contributed by atoms with Gasteiger partial charge in [0.15, 0.2) is 0 Å². The molecule has 4 nitrogen and oxygen atoms in total. The molecule has 0 saturated heterocycles. The Labute approximate surface area is 90.3 Å². The molecule has 84 valence electrons. The van der Waals surface area contributed by atoms with Crippen LogP contribution in [0, 0.1) is 0 Å². The standard InChI is InChI=1S/C11H18N2O2/c1-3-5-10(15-4-2)11(14)9-6-12-8-13-7-9/h6-8,10-11,14H,3-5H2,1-2H3. The molecule has 1 rings (SSSR count). The van der Waals surface area contributed by atoms with Crippen molar-refractivity contribution in [3.63, 3.8) is 0 Å². The monoisotopic (exact) mass is 210 g/mol. The zero-order valence-corrected chi connectivity index (χ0v) is 9.26. The summed E-state index contributed by atoms with van der Waals surface area (Å²) >= 11 is 0. The molecule has 15 heavy (non-hydrogen) atoms. The van der Waals surface area contributed by atoms with E-state index >= 15 is 0 Å². The Hall–Kier alpha value is -1.00. The highest BCUT2D eigenvalue weighted by Gasteiger charge is 2.20. The number of aliphatic hydroxyl groups is 1. The van der Waals surface area contributed by atoms with E-state index in [-0.39, 0.29) is 6.10 Å². The molecule has 0 saturated carbocycles. The molecule has 2 unspecified atom stereocenters. The zero-order chi connectivity index (χ0) is 11.1. The lowest BCUT2D eigenvalue weighted by Crippen LogP contribution is -2.22. The lowest BCUT2D eigenvalue weighted by molar-refractivity contribution is -0.0387. The number of aliphatic hydroxyl groups excluding tert-OH is 1. The number of aromatic nitrogens is 2. The van der Waals surface area contributed by atoms with Crippen LogP contribution < -0.4 is 0 Å². The highest BCUT2D eigenvalue weighted by molar-refractivity contribution is 5.08. The molecule has 0 aliphatic heterocycles. The van der Waals surface area contributed by atoms with Gasteiger partial charge in [0.05, 0.1) is 6.10 Å². The van der Waals surface area contributed by atoms with Crippen molar-refractivity contribution in [3.8, 4) is 0 Å². The third-order valence-electron chi connectivity index (χ3n) is 2.23. The van der Waals surface area contributed by atoms with Crippen LogP contribution in [-0.4, -0.2) is 27.8 Å². The van der Waals surface area contributed by atoms with Crippen LogP contribution in [0.3, 0.4) is 0 Å². The maximum Gasteiger partial charge on any atom is 0.115 e. The van der Waals surface area contributed by atoms with Crippen LogP contribution in [0.25, 0.3) is 0 Å². The molecule has 0 spiro atoms. The highest BCUT2D eigenvalue weighted by Crippen LogP contribution is 2.21. The van der Waals surface area contributed by atoms with Gasteiger partial charge in [-0.1, -0.05) is 13.3 Å². The van der Waals surface area contributed by atoms with Crippen molar-refractivity contribution >= 4 is 0 Å². The minimum Gasteiger partial charge on any atom is -0.386 e. The molecule has 4 heteroatoms. The fourth-order valence-electron chi connectivity index (χ4n) is 1.51. The van der Waals surface area contributed by atoms with Crippen molar-refractivity contribution in [3.05, 3.63) is 24.3 Å². The van der Waals surface area contributed by atoms with Crippen LogP contribution in [0.2, 0.25) is 0 Å². The summed E-state index contributed by atoms with van der Waals surface area (Å²) in [6, 6.07) is 0. The molecule has 0 radical (unpaired) electrons. The summed E-state index contributed by atoms with van der Waals surface area (Å²) in [6.07, 6.45) is 5.72. The normalized spacial score (nSPS) is 14.9. The van der Waals surface area contributed by atoms with Crippen molar-refractivity contribution in [1.82, 2.24) is 9.97 Å². The van der Waals surface area contributed by atoms with Crippen LogP contribution in [0.5, 0.6) is 0 Å². The first-order chi connectivity index (χ1) is 7.29. The molecule has 2 atom stereocenters. The molecular weight excluding hydrogens is 192 g/mol. The number of hydrogen-bond donors (Lipinski definition) is 1. The highest BCUT2D eigenvalue weighted by atomic mass is 16.5. The summed E-state index contributed by atoms with van der Waals surface area (Å²) in [6.45, 7) is 4.60. The van der Waals surface area contributed by atoms with Crippen LogP contribution >= 0.6 is 0 Å². The summed E-state index contributed by atoms with van der Waals surface area (Å²) in [5.74, 6) is 0. The summed E-state index contributed by atoms with van der Waals surface area (Å²) in [4.78, 5) is 7.76. The Morgan fingerprint density at radius 2 is 2.00 bits per heavy atom. The van der Waals surface area contributed by atoms with Crippen LogP contribution in [0.15, 0.2) is 18.7 Å². The molecule has 0 bridgehead atoms. The van der Waals surface area contributed by atoms with Gasteiger partial charge in [-0.15, -0.1) is 0 Å². The SMILES string of the molecule is CCCC(OCC)C(O)c1cncnc1. The maximum atomic E-state index is 10.0. The molecule has 1 aromatic heterocycles. The molecule has 0 aromatic carbocycles. The lowest BCUT2D eigenvalue weighted by atomic mass is 10.0. The van der Waals surface area contributed by atoms with Crippen molar-refractivity contribution < 1.29 is 9.84 Å². The Morgan fingerprint density at radius 3 is 2.53 bits per heavy atom. The Morgan fingerprint density at radius 1 is 1.33 bits per heavy atom. The van der Waals surface area contributed by atoms with Gasteiger partial charge in [0.1, 0.15) is 12.4 Å². The fraction of sp³-hybridized carbons (Fsp3) is 0.636. The van der Waals surface area contributed by atoms with E-state index in [1.807, 2.05) is 6.92 Å². The molecule has 0 aliphatic rings. The quantitative estimate of drug-likeness (QED) is 0.776. The Kier molecular flexibility index (Phi) is 5.21. The number of rotatable bonds is 6. The van der Waals surface area contributed by atoms with Gasteiger partial charge in [-0.3, -0.25) is 0 Å². The molecule has 0 fully saturated rings. The van der Waals surface area contributed by atoms with Gasteiger partial charge >= 0.3 is 0 Å². The predicted octanol–water partition coefficient (Wildman–Crippen LogP) is 1.72. The summed E-state index contributed by atoms with van der Waals surface area (Å²) < 4.78 is 5.49. The van der Waals surface area contributed by atoms with Crippen molar-refractivity contribution in [2.24, 2.45) is 0 Å². The van der Waals surface area contributed by atoms with E-state index < -0.39 is 6.10 Å². The number of nitrogens with zero attached hydrogens (tertiary/aromatic N) is 2. The van der Waals surface area contributed by atoms with E-state index in [0.717, 1.165) is 12.8 Å². The van der Waals surface area contributed by atoms with Gasteiger partial charge in [-0.2, -0.15) is 0 Å². The second-order valence-corrected chi connectivity index (χ2v) is 3.40. The molecule has 0 aliphatic carbocycles. The predicted molar refractivity (Wildman–Crippen MR) is 57.3 cm³/mol. The van der Waals surface area contributed by atoms with E-state index in [2.05, 4.69) is 16.9 Å². The van der Waals surface area contributed by atoms with Gasteiger partial charge < -0.3 is 9.84 Å². The van der Waals surface area contributed by atoms with Gasteiger partial charge in [-0.25, -0.2) is 9.97 Å². The summed E-state index contributed by atoms with van der Waals surface area (Å²) in [5.41, 5.74) is 0.712. The summed E-state index contributed by atoms with van der Waals surface area (Å²) in [7, 11) is 0. The first-order valence-electron chi connectivity index (χ1n) is 5.34. The van der Waals surface area contributed by atoms with Crippen molar-refractivity contribution in [2.45, 2.75) is 38.9 Å². The van der Waals surface area contributed by atoms with Crippen molar-refractivity contribution in [1.29, 1.82) is 0 Å². The average Bonchev–Trinajstić information content (AvgIpc) is 2.29. The minimum atomic E-state index is -0.633. The van der Waals surface area contributed by atoms with Crippen LogP contribution in [-0.2, 0) is 4.74 Å². The second kappa shape index (κ2) is 6.48. The van der Waals surface area contributed by atoms with Gasteiger partial charge in [0, 0.05) is 24.6 Å². The topological polar surface area (TPSA) is 55.2 Å². The van der Waals surface area contributed by atoms with E-state index in [4.69, 9.17) is 4.74 Å². The average molecular weight is 210 g/mol. The van der Waals surface area contributed by atoms with Gasteiger partial charge in [0.25, 0.3) is 0 Å². The third-order valence-corrected chi connectivity index (χ3v) is 2.23. The molecule has 1 aromatic rings. The maximum absolute atomic E-state index is 10.0. The van der Waals surface area contributed by atoms with E-state index in [9.17, 15) is 5.11 Å². The van der Waals surface area contributed by atoms with Gasteiger partial charge in [-0.05, 0) is 13.3 Å². The molecule has 0 amide bonds. The first-order valence-corrected chi connectivity index (χ1v) is 5.34. The Balaban J connectivity index is 2.67. The third kappa shape index (κ3) is 3.57. The van der Waals surface area contributed by atoms with Crippen LogP contribution in [0.4, 0.5) is 0 Å². The molecule has 1 heterocycles. The largest absolute Gasteiger partial charge is 0.386 e. The smallest absolute Gasteiger partial charge is 0.115 e. The minimum absolute atomic E-state index is 0.161. The number of hydrogen-bond acceptors (Lipinski definition) is 4. The van der Waals surface area contributed by atoms with E-state index in [1.165, 1.54) is 6.33 Å². The van der Waals surface area contributed by atoms with Crippen molar-refractivity contribution in [2.75, 3.05) is 6.61 Å². The molecular formula is C11H18N2O2. The zero-order valence-electron chi connectivity index (χ0n) is 9.26. The fourth-order valence-corrected chi connectivity index (χ4v) is 1.51. The molecule has 1 N–H and O–H groups in total. The van der Waals surface area contributed by atoms with Gasteiger partial charge in [0.2, 0.25) is 0 Å². The lowest BCUT2D eigenvalue weighted by Gasteiger charge is -2.22. The Bertz CT molecular complexity index is 261. The van der Waals surface area contributed by atoms with Crippen LogP contribution in [0.1, 0.15) is 38.4 Å². The first kappa shape index (κ1) is 12.1. The second-order valence-electron chi connectivity index (χ2n) is 3.40. The van der Waals surface area contributed by atoms with E-state index in [1.54, 1.807) is 12.4 Å². The number of ether oxygens (including phenoxy) is 1.